The third kappa shape index (κ3) is 2.46. The van der Waals surface area contributed by atoms with Gasteiger partial charge >= 0.3 is 0 Å². The molecule has 2 fully saturated rings. The fourth-order valence-electron chi connectivity index (χ4n) is 3.09. The van der Waals surface area contributed by atoms with E-state index in [-0.39, 0.29) is 5.54 Å². The Kier molecular flexibility index (Phi) is 3.45. The molecule has 1 N–H and O–H groups in total. The van der Waals surface area contributed by atoms with E-state index in [9.17, 15) is 0 Å². The first-order valence-electron chi connectivity index (χ1n) is 6.97. The average molecular weight is 299 g/mol. The largest absolute Gasteiger partial charge is 0.364 e. The van der Waals surface area contributed by atoms with Crippen molar-refractivity contribution in [1.29, 1.82) is 0 Å². The number of hydrogen-bond donors (Lipinski definition) is 1. The molecule has 1 aliphatic carbocycles. The van der Waals surface area contributed by atoms with Crippen LogP contribution in [0.5, 0.6) is 0 Å². The third-order valence-corrected chi connectivity index (χ3v) is 5.36. The van der Waals surface area contributed by atoms with Crippen molar-refractivity contribution in [2.45, 2.75) is 38.3 Å². The van der Waals surface area contributed by atoms with Crippen LogP contribution < -0.4 is 10.2 Å². The van der Waals surface area contributed by atoms with Crippen LogP contribution in [-0.4, -0.2) is 24.7 Å². The first kappa shape index (κ1) is 13.5. The molecule has 0 spiro atoms. The van der Waals surface area contributed by atoms with E-state index in [4.69, 9.17) is 23.2 Å². The molecule has 0 aromatic heterocycles. The van der Waals surface area contributed by atoms with E-state index >= 15 is 0 Å². The van der Waals surface area contributed by atoms with Crippen molar-refractivity contribution < 1.29 is 0 Å². The van der Waals surface area contributed by atoms with Gasteiger partial charge in [-0.2, -0.15) is 0 Å². The standard InChI is InChI=1S/C15H20Cl2N2/c1-10-8-18-15(2,11-6-7-11)9-19(10)13-5-3-4-12(16)14(13)17/h3-5,10-11,18H,6-9H2,1-2H3. The zero-order valence-electron chi connectivity index (χ0n) is 11.4. The van der Waals surface area contributed by atoms with Crippen molar-refractivity contribution in [3.8, 4) is 0 Å². The Morgan fingerprint density at radius 1 is 1.32 bits per heavy atom. The molecule has 0 bridgehead atoms. The van der Waals surface area contributed by atoms with Gasteiger partial charge in [0.1, 0.15) is 0 Å². The topological polar surface area (TPSA) is 15.3 Å². The Bertz CT molecular complexity index is 487. The maximum atomic E-state index is 6.39. The van der Waals surface area contributed by atoms with E-state index in [1.807, 2.05) is 12.1 Å². The van der Waals surface area contributed by atoms with Crippen molar-refractivity contribution in [3.63, 3.8) is 0 Å². The molecule has 2 unspecified atom stereocenters. The lowest BCUT2D eigenvalue weighted by atomic mass is 9.91. The number of hydrogen-bond acceptors (Lipinski definition) is 2. The first-order valence-corrected chi connectivity index (χ1v) is 7.72. The number of halogens is 2. The molecule has 4 heteroatoms. The van der Waals surface area contributed by atoms with Crippen molar-refractivity contribution in [1.82, 2.24) is 5.32 Å². The van der Waals surface area contributed by atoms with Gasteiger partial charge in [-0.15, -0.1) is 0 Å². The minimum absolute atomic E-state index is 0.207. The predicted molar refractivity (Wildman–Crippen MR) is 82.4 cm³/mol. The predicted octanol–water partition coefficient (Wildman–Crippen LogP) is 3.96. The SMILES string of the molecule is CC1CNC(C)(C2CC2)CN1c1cccc(Cl)c1Cl. The van der Waals surface area contributed by atoms with Gasteiger partial charge in [-0.1, -0.05) is 29.3 Å². The molecule has 2 nitrogen and oxygen atoms in total. The van der Waals surface area contributed by atoms with Gasteiger partial charge in [0.05, 0.1) is 15.7 Å². The van der Waals surface area contributed by atoms with Crippen LogP contribution in [0, 0.1) is 5.92 Å². The monoisotopic (exact) mass is 298 g/mol. The molecule has 1 aromatic carbocycles. The summed E-state index contributed by atoms with van der Waals surface area (Å²) >= 11 is 12.5. The second kappa shape index (κ2) is 4.83. The van der Waals surface area contributed by atoms with E-state index in [2.05, 4.69) is 30.1 Å². The highest BCUT2D eigenvalue weighted by Gasteiger charge is 2.45. The maximum absolute atomic E-state index is 6.39. The summed E-state index contributed by atoms with van der Waals surface area (Å²) in [5.41, 5.74) is 1.27. The fraction of sp³-hybridized carbons (Fsp3) is 0.600. The lowest BCUT2D eigenvalue weighted by Crippen LogP contribution is -2.63. The van der Waals surface area contributed by atoms with Gasteiger partial charge in [-0.05, 0) is 44.7 Å². The normalized spacial score (nSPS) is 31.6. The minimum Gasteiger partial charge on any atom is -0.364 e. The molecule has 3 rings (SSSR count). The zero-order chi connectivity index (χ0) is 13.6. The molecule has 104 valence electrons. The number of rotatable bonds is 2. The Morgan fingerprint density at radius 2 is 2.05 bits per heavy atom. The van der Waals surface area contributed by atoms with E-state index in [1.54, 1.807) is 0 Å². The maximum Gasteiger partial charge on any atom is 0.0825 e. The van der Waals surface area contributed by atoms with Crippen LogP contribution in [0.4, 0.5) is 5.69 Å². The van der Waals surface area contributed by atoms with Crippen molar-refractivity contribution >= 4 is 28.9 Å². The smallest absolute Gasteiger partial charge is 0.0825 e. The molecule has 1 heterocycles. The summed E-state index contributed by atoms with van der Waals surface area (Å²) in [6, 6.07) is 6.33. The number of nitrogens with one attached hydrogen (secondary N) is 1. The Hall–Kier alpha value is -0.440. The number of anilines is 1. The molecular weight excluding hydrogens is 279 g/mol. The number of benzene rings is 1. The molecule has 1 saturated heterocycles. The van der Waals surface area contributed by atoms with Crippen LogP contribution in [-0.2, 0) is 0 Å². The van der Waals surface area contributed by atoms with Crippen molar-refractivity contribution in [2.24, 2.45) is 5.92 Å². The highest BCUT2D eigenvalue weighted by molar-refractivity contribution is 6.43. The second-order valence-corrected chi connectivity index (χ2v) is 6.91. The first-order chi connectivity index (χ1) is 9.01. The summed E-state index contributed by atoms with van der Waals surface area (Å²) in [5.74, 6) is 0.806. The molecule has 0 amide bonds. The lowest BCUT2D eigenvalue weighted by Gasteiger charge is -2.47. The Labute approximate surface area is 125 Å². The van der Waals surface area contributed by atoms with Gasteiger partial charge in [0.15, 0.2) is 0 Å². The van der Waals surface area contributed by atoms with Gasteiger partial charge in [-0.3, -0.25) is 0 Å². The third-order valence-electron chi connectivity index (χ3n) is 4.55. The van der Waals surface area contributed by atoms with Crippen LogP contribution in [0.2, 0.25) is 10.0 Å². The van der Waals surface area contributed by atoms with Crippen LogP contribution >= 0.6 is 23.2 Å². The summed E-state index contributed by atoms with van der Waals surface area (Å²) in [5, 5.41) is 5.04. The van der Waals surface area contributed by atoms with Crippen molar-refractivity contribution in [3.05, 3.63) is 28.2 Å². The lowest BCUT2D eigenvalue weighted by molar-refractivity contribution is 0.261. The van der Waals surface area contributed by atoms with Crippen LogP contribution in [0.15, 0.2) is 18.2 Å². The molecule has 1 aliphatic heterocycles. The summed E-state index contributed by atoms with van der Waals surface area (Å²) in [6.07, 6.45) is 2.68. The molecule has 2 atom stereocenters. The quantitative estimate of drug-likeness (QED) is 0.889. The highest BCUT2D eigenvalue weighted by atomic mass is 35.5. The van der Waals surface area contributed by atoms with Gasteiger partial charge in [0.25, 0.3) is 0 Å². The van der Waals surface area contributed by atoms with Gasteiger partial charge in [0, 0.05) is 24.7 Å². The van der Waals surface area contributed by atoms with E-state index in [0.717, 1.165) is 24.7 Å². The molecule has 0 radical (unpaired) electrons. The Morgan fingerprint density at radius 3 is 2.74 bits per heavy atom. The summed E-state index contributed by atoms with van der Waals surface area (Å²) in [4.78, 5) is 2.41. The fourth-order valence-corrected chi connectivity index (χ4v) is 3.49. The number of nitrogens with zero attached hydrogens (tertiary/aromatic N) is 1. The summed E-state index contributed by atoms with van der Waals surface area (Å²) in [6.45, 7) is 6.56. The van der Waals surface area contributed by atoms with Crippen LogP contribution in [0.1, 0.15) is 26.7 Å². The van der Waals surface area contributed by atoms with Crippen LogP contribution in [0.3, 0.4) is 0 Å². The average Bonchev–Trinajstić information content (AvgIpc) is 3.21. The Balaban J connectivity index is 1.91. The van der Waals surface area contributed by atoms with E-state index in [0.29, 0.717) is 16.1 Å². The summed E-state index contributed by atoms with van der Waals surface area (Å²) < 4.78 is 0. The van der Waals surface area contributed by atoms with E-state index < -0.39 is 0 Å². The van der Waals surface area contributed by atoms with Crippen LogP contribution in [0.25, 0.3) is 0 Å². The van der Waals surface area contributed by atoms with Crippen molar-refractivity contribution in [2.75, 3.05) is 18.0 Å². The second-order valence-electron chi connectivity index (χ2n) is 6.12. The van der Waals surface area contributed by atoms with Gasteiger partial charge in [-0.25, -0.2) is 0 Å². The minimum atomic E-state index is 0.207. The van der Waals surface area contributed by atoms with Gasteiger partial charge < -0.3 is 10.2 Å². The molecule has 19 heavy (non-hydrogen) atoms. The van der Waals surface area contributed by atoms with Gasteiger partial charge in [0.2, 0.25) is 0 Å². The van der Waals surface area contributed by atoms with E-state index in [1.165, 1.54) is 12.8 Å². The molecule has 1 aromatic rings. The molecule has 2 aliphatic rings. The molecular formula is C15H20Cl2N2. The number of piperazine rings is 1. The summed E-state index contributed by atoms with van der Waals surface area (Å²) in [7, 11) is 0. The highest BCUT2D eigenvalue weighted by Crippen LogP contribution is 2.43. The molecule has 1 saturated carbocycles. The zero-order valence-corrected chi connectivity index (χ0v) is 12.9.